The summed E-state index contributed by atoms with van der Waals surface area (Å²) in [6.45, 7) is 4.38. The molecule has 0 unspecified atom stereocenters. The van der Waals surface area contributed by atoms with E-state index < -0.39 is 5.82 Å². The van der Waals surface area contributed by atoms with Crippen molar-refractivity contribution in [3.05, 3.63) is 64.5 Å². The third-order valence-electron chi connectivity index (χ3n) is 2.99. The van der Waals surface area contributed by atoms with Crippen LogP contribution in [0.3, 0.4) is 0 Å². The SMILES string of the molecule is Cc1ccc(C)c(COc2ccc(F)cc2C=O)c1. The zero-order valence-corrected chi connectivity index (χ0v) is 10.9. The number of halogens is 1. The van der Waals surface area contributed by atoms with Crippen molar-refractivity contribution in [2.45, 2.75) is 20.5 Å². The number of carbonyl (C=O) groups excluding carboxylic acids is 1. The van der Waals surface area contributed by atoms with Crippen LogP contribution in [0.5, 0.6) is 5.75 Å². The lowest BCUT2D eigenvalue weighted by atomic mass is 10.1. The fraction of sp³-hybridized carbons (Fsp3) is 0.188. The summed E-state index contributed by atoms with van der Waals surface area (Å²) in [5.41, 5.74) is 3.56. The molecule has 0 spiro atoms. The molecule has 0 fully saturated rings. The zero-order valence-electron chi connectivity index (χ0n) is 10.9. The summed E-state index contributed by atoms with van der Waals surface area (Å²) >= 11 is 0. The van der Waals surface area contributed by atoms with E-state index in [0.717, 1.165) is 16.7 Å². The third kappa shape index (κ3) is 3.19. The van der Waals surface area contributed by atoms with Crippen LogP contribution in [0.15, 0.2) is 36.4 Å². The Bertz CT molecular complexity index is 606. The van der Waals surface area contributed by atoms with E-state index in [2.05, 4.69) is 0 Å². The fourth-order valence-electron chi connectivity index (χ4n) is 1.85. The van der Waals surface area contributed by atoms with Crippen molar-refractivity contribution in [3.8, 4) is 5.75 Å². The molecule has 2 aromatic carbocycles. The maximum atomic E-state index is 13.0. The highest BCUT2D eigenvalue weighted by Gasteiger charge is 2.06. The Morgan fingerprint density at radius 3 is 2.68 bits per heavy atom. The summed E-state index contributed by atoms with van der Waals surface area (Å²) in [5, 5.41) is 0. The molecule has 3 heteroatoms. The number of aryl methyl sites for hydroxylation is 2. The Balaban J connectivity index is 2.18. The van der Waals surface area contributed by atoms with Gasteiger partial charge in [-0.2, -0.15) is 0 Å². The maximum absolute atomic E-state index is 13.0. The molecule has 98 valence electrons. The van der Waals surface area contributed by atoms with Gasteiger partial charge in [-0.25, -0.2) is 4.39 Å². The van der Waals surface area contributed by atoms with E-state index in [1.54, 1.807) is 0 Å². The first-order valence-corrected chi connectivity index (χ1v) is 6.04. The summed E-state index contributed by atoms with van der Waals surface area (Å²) < 4.78 is 18.6. The highest BCUT2D eigenvalue weighted by atomic mass is 19.1. The Morgan fingerprint density at radius 2 is 1.95 bits per heavy atom. The number of rotatable bonds is 4. The normalized spacial score (nSPS) is 10.3. The number of ether oxygens (including phenoxy) is 1. The molecule has 2 rings (SSSR count). The van der Waals surface area contributed by atoms with Gasteiger partial charge in [0.1, 0.15) is 18.2 Å². The van der Waals surface area contributed by atoms with Gasteiger partial charge in [0.25, 0.3) is 0 Å². The minimum Gasteiger partial charge on any atom is -0.488 e. The molecule has 0 aromatic heterocycles. The van der Waals surface area contributed by atoms with E-state index >= 15 is 0 Å². The Morgan fingerprint density at radius 1 is 1.16 bits per heavy atom. The predicted molar refractivity (Wildman–Crippen MR) is 72.0 cm³/mol. The smallest absolute Gasteiger partial charge is 0.153 e. The number of hydrogen-bond acceptors (Lipinski definition) is 2. The van der Waals surface area contributed by atoms with Crippen molar-refractivity contribution in [1.29, 1.82) is 0 Å². The molecule has 0 radical (unpaired) electrons. The molecule has 19 heavy (non-hydrogen) atoms. The van der Waals surface area contributed by atoms with E-state index in [1.165, 1.54) is 18.2 Å². The molecular weight excluding hydrogens is 243 g/mol. The van der Waals surface area contributed by atoms with Crippen molar-refractivity contribution < 1.29 is 13.9 Å². The van der Waals surface area contributed by atoms with Crippen molar-refractivity contribution in [3.63, 3.8) is 0 Å². The third-order valence-corrected chi connectivity index (χ3v) is 2.99. The zero-order chi connectivity index (χ0) is 13.8. The lowest BCUT2D eigenvalue weighted by Gasteiger charge is -2.11. The minimum absolute atomic E-state index is 0.227. The highest BCUT2D eigenvalue weighted by Crippen LogP contribution is 2.20. The Kier molecular flexibility index (Phi) is 3.95. The van der Waals surface area contributed by atoms with Crippen LogP contribution in [-0.4, -0.2) is 6.29 Å². The number of benzene rings is 2. The molecule has 0 atom stereocenters. The minimum atomic E-state index is -0.443. The van der Waals surface area contributed by atoms with Gasteiger partial charge < -0.3 is 4.74 Å². The van der Waals surface area contributed by atoms with Crippen molar-refractivity contribution in [1.82, 2.24) is 0 Å². The molecule has 0 aliphatic heterocycles. The van der Waals surface area contributed by atoms with Gasteiger partial charge in [0.2, 0.25) is 0 Å². The fourth-order valence-corrected chi connectivity index (χ4v) is 1.85. The van der Waals surface area contributed by atoms with E-state index in [-0.39, 0.29) is 5.56 Å². The van der Waals surface area contributed by atoms with Gasteiger partial charge in [-0.3, -0.25) is 4.79 Å². The first-order chi connectivity index (χ1) is 9.10. The monoisotopic (exact) mass is 258 g/mol. The lowest BCUT2D eigenvalue weighted by Crippen LogP contribution is -2.01. The van der Waals surface area contributed by atoms with Crippen LogP contribution >= 0.6 is 0 Å². The topological polar surface area (TPSA) is 26.3 Å². The summed E-state index contributed by atoms with van der Waals surface area (Å²) in [7, 11) is 0. The summed E-state index contributed by atoms with van der Waals surface area (Å²) in [5.74, 6) is -0.0431. The highest BCUT2D eigenvalue weighted by molar-refractivity contribution is 5.79. The average molecular weight is 258 g/mol. The van der Waals surface area contributed by atoms with Crippen LogP contribution in [0.2, 0.25) is 0 Å². The summed E-state index contributed by atoms with van der Waals surface area (Å²) in [4.78, 5) is 10.9. The summed E-state index contributed by atoms with van der Waals surface area (Å²) in [6.07, 6.45) is 0.599. The predicted octanol–water partition coefficient (Wildman–Crippen LogP) is 3.83. The van der Waals surface area contributed by atoms with Gasteiger partial charge in [0, 0.05) is 0 Å². The van der Waals surface area contributed by atoms with Crippen LogP contribution in [0.4, 0.5) is 4.39 Å². The first-order valence-electron chi connectivity index (χ1n) is 6.04. The number of carbonyl (C=O) groups is 1. The maximum Gasteiger partial charge on any atom is 0.153 e. The van der Waals surface area contributed by atoms with Crippen molar-refractivity contribution >= 4 is 6.29 Å². The van der Waals surface area contributed by atoms with Crippen LogP contribution in [0, 0.1) is 19.7 Å². The van der Waals surface area contributed by atoms with E-state index in [0.29, 0.717) is 18.6 Å². The van der Waals surface area contributed by atoms with Crippen LogP contribution in [0.25, 0.3) is 0 Å². The molecule has 0 bridgehead atoms. The molecule has 0 heterocycles. The van der Waals surface area contributed by atoms with Gasteiger partial charge in [-0.1, -0.05) is 23.8 Å². The van der Waals surface area contributed by atoms with Crippen LogP contribution in [-0.2, 0) is 6.61 Å². The molecule has 0 saturated heterocycles. The van der Waals surface area contributed by atoms with E-state index in [4.69, 9.17) is 4.74 Å². The number of hydrogen-bond donors (Lipinski definition) is 0. The molecule has 0 N–H and O–H groups in total. The second-order valence-electron chi connectivity index (χ2n) is 4.52. The quantitative estimate of drug-likeness (QED) is 0.779. The Hall–Kier alpha value is -2.16. The molecule has 2 nitrogen and oxygen atoms in total. The van der Waals surface area contributed by atoms with Crippen LogP contribution < -0.4 is 4.74 Å². The van der Waals surface area contributed by atoms with E-state index in [9.17, 15) is 9.18 Å². The second kappa shape index (κ2) is 5.65. The lowest BCUT2D eigenvalue weighted by molar-refractivity contribution is 0.111. The van der Waals surface area contributed by atoms with Gasteiger partial charge >= 0.3 is 0 Å². The molecular formula is C16H15FO2. The van der Waals surface area contributed by atoms with Gasteiger partial charge in [-0.05, 0) is 43.2 Å². The van der Waals surface area contributed by atoms with Crippen LogP contribution in [0.1, 0.15) is 27.0 Å². The van der Waals surface area contributed by atoms with Crippen molar-refractivity contribution in [2.75, 3.05) is 0 Å². The molecule has 2 aromatic rings. The van der Waals surface area contributed by atoms with Gasteiger partial charge in [0.05, 0.1) is 5.56 Å². The Labute approximate surface area is 111 Å². The standard InChI is InChI=1S/C16H15FO2/c1-11-3-4-12(2)14(7-11)10-19-16-6-5-15(17)8-13(16)9-18/h3-9H,10H2,1-2H3. The summed E-state index contributed by atoms with van der Waals surface area (Å²) in [6, 6.07) is 10.0. The van der Waals surface area contributed by atoms with Gasteiger partial charge in [-0.15, -0.1) is 0 Å². The van der Waals surface area contributed by atoms with Crippen molar-refractivity contribution in [2.24, 2.45) is 0 Å². The largest absolute Gasteiger partial charge is 0.488 e. The van der Waals surface area contributed by atoms with E-state index in [1.807, 2.05) is 32.0 Å². The second-order valence-corrected chi connectivity index (χ2v) is 4.52. The molecule has 0 saturated carbocycles. The average Bonchev–Trinajstić information content (AvgIpc) is 2.40. The molecule has 0 amide bonds. The molecule has 0 aliphatic carbocycles. The van der Waals surface area contributed by atoms with Gasteiger partial charge in [0.15, 0.2) is 6.29 Å². The number of aldehydes is 1. The molecule has 0 aliphatic rings. The first kappa shape index (κ1) is 13.3.